The molecule has 1 aromatic carbocycles. The molecule has 1 aliphatic carbocycles. The number of nitrogen functional groups attached to an aromatic ring is 1. The zero-order chi connectivity index (χ0) is 14.5. The highest BCUT2D eigenvalue weighted by Gasteiger charge is 2.23. The summed E-state index contributed by atoms with van der Waals surface area (Å²) in [5, 5.41) is 12.5. The van der Waals surface area contributed by atoms with Gasteiger partial charge in [-0.2, -0.15) is 0 Å². The zero-order valence-electron chi connectivity index (χ0n) is 11.8. The molecule has 1 fully saturated rings. The third-order valence-electron chi connectivity index (χ3n) is 3.62. The van der Waals surface area contributed by atoms with Crippen molar-refractivity contribution in [2.24, 2.45) is 0 Å². The molecule has 1 aromatic rings. The first-order chi connectivity index (χ1) is 9.61. The van der Waals surface area contributed by atoms with Gasteiger partial charge in [-0.1, -0.05) is 6.07 Å². The van der Waals surface area contributed by atoms with Gasteiger partial charge in [0, 0.05) is 11.7 Å². The highest BCUT2D eigenvalue weighted by Crippen LogP contribution is 2.25. The number of carbonyl (C=O) groups is 1. The van der Waals surface area contributed by atoms with E-state index in [9.17, 15) is 9.90 Å². The monoisotopic (exact) mass is 278 g/mol. The maximum absolute atomic E-state index is 12.4. The Balaban J connectivity index is 2.08. The van der Waals surface area contributed by atoms with E-state index in [4.69, 9.17) is 10.5 Å². The maximum atomic E-state index is 12.4. The Kier molecular flexibility index (Phi) is 4.84. The lowest BCUT2D eigenvalue weighted by Crippen LogP contribution is -2.39. The van der Waals surface area contributed by atoms with Crippen LogP contribution in [0, 0.1) is 0 Å². The van der Waals surface area contributed by atoms with Gasteiger partial charge in [0.15, 0.2) is 0 Å². The van der Waals surface area contributed by atoms with Gasteiger partial charge in [-0.05, 0) is 44.7 Å². The first-order valence-corrected chi connectivity index (χ1v) is 7.12. The molecule has 5 heteroatoms. The lowest BCUT2D eigenvalue weighted by molar-refractivity contribution is 0.0865. The molecule has 0 saturated heterocycles. The van der Waals surface area contributed by atoms with Crippen molar-refractivity contribution in [3.8, 4) is 5.75 Å². The van der Waals surface area contributed by atoms with Gasteiger partial charge >= 0.3 is 0 Å². The van der Waals surface area contributed by atoms with Crippen LogP contribution in [0.25, 0.3) is 0 Å². The Morgan fingerprint density at radius 1 is 1.40 bits per heavy atom. The van der Waals surface area contributed by atoms with E-state index in [-0.39, 0.29) is 18.1 Å². The smallest absolute Gasteiger partial charge is 0.257 e. The van der Waals surface area contributed by atoms with Gasteiger partial charge in [0.25, 0.3) is 5.91 Å². The van der Waals surface area contributed by atoms with Crippen LogP contribution in [0.15, 0.2) is 18.2 Å². The number of hydrogen-bond donors (Lipinski definition) is 3. The van der Waals surface area contributed by atoms with Crippen molar-refractivity contribution < 1.29 is 14.6 Å². The van der Waals surface area contributed by atoms with Crippen molar-refractivity contribution in [3.05, 3.63) is 23.8 Å². The van der Waals surface area contributed by atoms with E-state index in [1.807, 2.05) is 6.92 Å². The average Bonchev–Trinajstić information content (AvgIpc) is 2.42. The summed E-state index contributed by atoms with van der Waals surface area (Å²) >= 11 is 0. The summed E-state index contributed by atoms with van der Waals surface area (Å²) in [7, 11) is 0. The van der Waals surface area contributed by atoms with Gasteiger partial charge in [0.1, 0.15) is 11.3 Å². The highest BCUT2D eigenvalue weighted by molar-refractivity contribution is 6.02. The fourth-order valence-electron chi connectivity index (χ4n) is 2.54. The van der Waals surface area contributed by atoms with Crippen LogP contribution in [0.4, 0.5) is 5.69 Å². The van der Waals surface area contributed by atoms with E-state index in [1.165, 1.54) is 0 Å². The summed E-state index contributed by atoms with van der Waals surface area (Å²) < 4.78 is 5.46. The molecule has 0 unspecified atom stereocenters. The van der Waals surface area contributed by atoms with Gasteiger partial charge in [-0.3, -0.25) is 4.79 Å². The molecule has 0 radical (unpaired) electrons. The van der Waals surface area contributed by atoms with Crippen molar-refractivity contribution >= 4 is 11.6 Å². The number of aliphatic hydroxyl groups is 1. The van der Waals surface area contributed by atoms with E-state index in [0.29, 0.717) is 23.6 Å². The molecule has 1 amide bonds. The molecule has 5 nitrogen and oxygen atoms in total. The van der Waals surface area contributed by atoms with Crippen LogP contribution >= 0.6 is 0 Å². The third kappa shape index (κ3) is 3.42. The summed E-state index contributed by atoms with van der Waals surface area (Å²) in [4.78, 5) is 12.4. The Morgan fingerprint density at radius 3 is 2.75 bits per heavy atom. The van der Waals surface area contributed by atoms with Crippen molar-refractivity contribution in [2.75, 3.05) is 12.3 Å². The fraction of sp³-hybridized carbons (Fsp3) is 0.533. The second kappa shape index (κ2) is 6.61. The van der Waals surface area contributed by atoms with Gasteiger partial charge < -0.3 is 20.9 Å². The number of carbonyl (C=O) groups excluding carboxylic acids is 1. The molecule has 20 heavy (non-hydrogen) atoms. The number of ether oxygens (including phenoxy) is 1. The van der Waals surface area contributed by atoms with Crippen LogP contribution in [0.1, 0.15) is 43.0 Å². The number of amides is 1. The zero-order valence-corrected chi connectivity index (χ0v) is 11.8. The summed E-state index contributed by atoms with van der Waals surface area (Å²) in [6.45, 7) is 2.35. The van der Waals surface area contributed by atoms with E-state index in [2.05, 4.69) is 5.32 Å². The van der Waals surface area contributed by atoms with Crippen LogP contribution < -0.4 is 15.8 Å². The molecule has 1 saturated carbocycles. The standard InChI is InChI=1S/C15H22N2O3/c1-2-20-13-5-3-4-12(16)14(13)15(19)17-10-6-8-11(18)9-7-10/h3-5,10-11,18H,2,6-9,16H2,1H3,(H,17,19). The summed E-state index contributed by atoms with van der Waals surface area (Å²) in [6, 6.07) is 5.31. The number of benzene rings is 1. The average molecular weight is 278 g/mol. The molecule has 0 spiro atoms. The van der Waals surface area contributed by atoms with Crippen LogP contribution in [0.3, 0.4) is 0 Å². The predicted octanol–water partition coefficient (Wildman–Crippen LogP) is 1.70. The fourth-order valence-corrected chi connectivity index (χ4v) is 2.54. The van der Waals surface area contributed by atoms with Crippen LogP contribution in [-0.4, -0.2) is 29.8 Å². The van der Waals surface area contributed by atoms with E-state index >= 15 is 0 Å². The minimum absolute atomic E-state index is 0.0972. The van der Waals surface area contributed by atoms with Crippen molar-refractivity contribution in [1.82, 2.24) is 5.32 Å². The van der Waals surface area contributed by atoms with Crippen molar-refractivity contribution in [3.63, 3.8) is 0 Å². The van der Waals surface area contributed by atoms with Crippen LogP contribution in [0.2, 0.25) is 0 Å². The summed E-state index contributed by atoms with van der Waals surface area (Å²) in [6.07, 6.45) is 2.82. The Hall–Kier alpha value is -1.75. The first-order valence-electron chi connectivity index (χ1n) is 7.12. The summed E-state index contributed by atoms with van der Waals surface area (Å²) in [5.74, 6) is 0.314. The molecule has 1 aliphatic rings. The molecule has 0 atom stereocenters. The van der Waals surface area contributed by atoms with Crippen molar-refractivity contribution in [1.29, 1.82) is 0 Å². The second-order valence-electron chi connectivity index (χ2n) is 5.13. The maximum Gasteiger partial charge on any atom is 0.257 e. The third-order valence-corrected chi connectivity index (χ3v) is 3.62. The lowest BCUT2D eigenvalue weighted by atomic mass is 9.93. The van der Waals surface area contributed by atoms with E-state index in [1.54, 1.807) is 18.2 Å². The van der Waals surface area contributed by atoms with Crippen LogP contribution in [-0.2, 0) is 0 Å². The summed E-state index contributed by atoms with van der Waals surface area (Å²) in [5.41, 5.74) is 6.72. The Labute approximate surface area is 119 Å². The van der Waals surface area contributed by atoms with Crippen molar-refractivity contribution in [2.45, 2.75) is 44.8 Å². The molecule has 2 rings (SSSR count). The molecule has 110 valence electrons. The molecule has 4 N–H and O–H groups in total. The first kappa shape index (κ1) is 14.7. The molecule has 0 aliphatic heterocycles. The number of nitrogens with one attached hydrogen (secondary N) is 1. The highest BCUT2D eigenvalue weighted by atomic mass is 16.5. The topological polar surface area (TPSA) is 84.6 Å². The normalized spacial score (nSPS) is 22.3. The molecule has 0 heterocycles. The second-order valence-corrected chi connectivity index (χ2v) is 5.13. The Morgan fingerprint density at radius 2 is 2.10 bits per heavy atom. The molecular weight excluding hydrogens is 256 g/mol. The van der Waals surface area contributed by atoms with E-state index < -0.39 is 0 Å². The number of rotatable bonds is 4. The molecule has 0 aromatic heterocycles. The number of hydrogen-bond acceptors (Lipinski definition) is 4. The van der Waals surface area contributed by atoms with E-state index in [0.717, 1.165) is 25.7 Å². The quantitative estimate of drug-likeness (QED) is 0.732. The molecular formula is C15H22N2O3. The van der Waals surface area contributed by atoms with Gasteiger partial charge in [0.2, 0.25) is 0 Å². The van der Waals surface area contributed by atoms with Gasteiger partial charge in [-0.15, -0.1) is 0 Å². The molecule has 0 bridgehead atoms. The Bertz CT molecular complexity index is 468. The minimum Gasteiger partial charge on any atom is -0.493 e. The number of anilines is 1. The van der Waals surface area contributed by atoms with Gasteiger partial charge in [0.05, 0.1) is 12.7 Å². The van der Waals surface area contributed by atoms with Crippen LogP contribution in [0.5, 0.6) is 5.75 Å². The SMILES string of the molecule is CCOc1cccc(N)c1C(=O)NC1CCC(O)CC1. The predicted molar refractivity (Wildman–Crippen MR) is 77.8 cm³/mol. The largest absolute Gasteiger partial charge is 0.493 e. The lowest BCUT2D eigenvalue weighted by Gasteiger charge is -2.26. The number of nitrogens with two attached hydrogens (primary N) is 1. The van der Waals surface area contributed by atoms with Gasteiger partial charge in [-0.25, -0.2) is 0 Å². The number of aliphatic hydroxyl groups excluding tert-OH is 1. The minimum atomic E-state index is -0.232.